The third-order valence-corrected chi connectivity index (χ3v) is 4.22. The Bertz CT molecular complexity index is 359. The maximum absolute atomic E-state index is 12.3. The molecule has 0 aromatic rings. The molecule has 6 nitrogen and oxygen atoms in total. The lowest BCUT2D eigenvalue weighted by molar-refractivity contribution is -0.143. The fourth-order valence-corrected chi connectivity index (χ4v) is 2.91. The van der Waals surface area contributed by atoms with E-state index in [-0.39, 0.29) is 11.9 Å². The van der Waals surface area contributed by atoms with Crippen molar-refractivity contribution in [2.24, 2.45) is 11.8 Å². The van der Waals surface area contributed by atoms with Crippen LogP contribution < -0.4 is 0 Å². The Balaban J connectivity index is 1.91. The maximum atomic E-state index is 12.3. The van der Waals surface area contributed by atoms with E-state index in [0.717, 1.165) is 12.8 Å². The van der Waals surface area contributed by atoms with E-state index in [1.165, 1.54) is 0 Å². The van der Waals surface area contributed by atoms with Crippen LogP contribution in [0.15, 0.2) is 0 Å². The predicted octanol–water partition coefficient (Wildman–Crippen LogP) is 0.606. The summed E-state index contributed by atoms with van der Waals surface area (Å²) >= 11 is 0. The zero-order valence-corrected chi connectivity index (χ0v) is 11.3. The first kappa shape index (κ1) is 14.1. The van der Waals surface area contributed by atoms with Gasteiger partial charge in [-0.1, -0.05) is 0 Å². The predicted molar refractivity (Wildman–Crippen MR) is 68.7 cm³/mol. The largest absolute Gasteiger partial charge is 0.481 e. The van der Waals surface area contributed by atoms with Crippen LogP contribution in [0.2, 0.25) is 0 Å². The summed E-state index contributed by atoms with van der Waals surface area (Å²) in [4.78, 5) is 26.7. The van der Waals surface area contributed by atoms with Gasteiger partial charge in [-0.2, -0.15) is 0 Å². The summed E-state index contributed by atoms with van der Waals surface area (Å²) in [5, 5.41) is 18.6. The third-order valence-electron chi connectivity index (χ3n) is 4.22. The van der Waals surface area contributed by atoms with Gasteiger partial charge in [-0.15, -0.1) is 0 Å². The van der Waals surface area contributed by atoms with E-state index in [2.05, 4.69) is 0 Å². The number of hydrogen-bond acceptors (Lipinski definition) is 3. The summed E-state index contributed by atoms with van der Waals surface area (Å²) in [5.41, 5.74) is 0. The third kappa shape index (κ3) is 3.18. The molecule has 0 aliphatic carbocycles. The number of aliphatic carboxylic acids is 1. The van der Waals surface area contributed by atoms with Crippen molar-refractivity contribution in [3.8, 4) is 0 Å². The van der Waals surface area contributed by atoms with Crippen molar-refractivity contribution in [1.82, 2.24) is 9.80 Å². The fourth-order valence-electron chi connectivity index (χ4n) is 2.91. The van der Waals surface area contributed by atoms with Crippen molar-refractivity contribution in [3.63, 3.8) is 0 Å². The number of carbonyl (C=O) groups is 2. The van der Waals surface area contributed by atoms with Gasteiger partial charge in [0.2, 0.25) is 0 Å². The second-order valence-corrected chi connectivity index (χ2v) is 5.64. The van der Waals surface area contributed by atoms with E-state index in [1.807, 2.05) is 0 Å². The molecule has 0 spiro atoms. The lowest BCUT2D eigenvalue weighted by atomic mass is 9.99. The number of amides is 2. The molecule has 2 saturated heterocycles. The minimum absolute atomic E-state index is 0.0749. The van der Waals surface area contributed by atoms with Crippen molar-refractivity contribution >= 4 is 12.0 Å². The number of likely N-dealkylation sites (tertiary alicyclic amines) is 2. The molecule has 0 aromatic heterocycles. The molecule has 0 bridgehead atoms. The van der Waals surface area contributed by atoms with Crippen LogP contribution >= 0.6 is 0 Å². The van der Waals surface area contributed by atoms with Gasteiger partial charge in [0, 0.05) is 32.1 Å². The molecule has 2 N–H and O–H groups in total. The molecule has 108 valence electrons. The van der Waals surface area contributed by atoms with Crippen molar-refractivity contribution in [2.45, 2.75) is 32.3 Å². The Labute approximate surface area is 113 Å². The van der Waals surface area contributed by atoms with Gasteiger partial charge in [0.25, 0.3) is 0 Å². The van der Waals surface area contributed by atoms with Gasteiger partial charge in [-0.25, -0.2) is 4.79 Å². The number of nitrogens with zero attached hydrogens (tertiary/aromatic N) is 2. The van der Waals surface area contributed by atoms with Crippen LogP contribution in [0.25, 0.3) is 0 Å². The zero-order valence-electron chi connectivity index (χ0n) is 11.3. The van der Waals surface area contributed by atoms with Gasteiger partial charge < -0.3 is 20.0 Å². The Hall–Kier alpha value is -1.30. The SMILES string of the molecule is CC(O)C1CCN(C(=O)N2CCC[C@H](C(=O)O)C2)C1. The Kier molecular flexibility index (Phi) is 4.29. The van der Waals surface area contributed by atoms with Gasteiger partial charge in [-0.3, -0.25) is 4.79 Å². The van der Waals surface area contributed by atoms with Crippen molar-refractivity contribution < 1.29 is 19.8 Å². The molecule has 0 radical (unpaired) electrons. The Morgan fingerprint density at radius 3 is 2.42 bits per heavy atom. The first-order valence-electron chi connectivity index (χ1n) is 6.93. The van der Waals surface area contributed by atoms with Crippen molar-refractivity contribution in [2.75, 3.05) is 26.2 Å². The van der Waals surface area contributed by atoms with Gasteiger partial charge in [0.1, 0.15) is 0 Å². The van der Waals surface area contributed by atoms with Gasteiger partial charge in [0.05, 0.1) is 12.0 Å². The quantitative estimate of drug-likeness (QED) is 0.770. The number of aliphatic hydroxyl groups is 1. The second-order valence-electron chi connectivity index (χ2n) is 5.64. The lowest BCUT2D eigenvalue weighted by Gasteiger charge is -2.33. The molecular formula is C13H22N2O4. The molecular weight excluding hydrogens is 248 g/mol. The van der Waals surface area contributed by atoms with Gasteiger partial charge in [0.15, 0.2) is 0 Å². The van der Waals surface area contributed by atoms with Crippen LogP contribution in [0, 0.1) is 11.8 Å². The summed E-state index contributed by atoms with van der Waals surface area (Å²) < 4.78 is 0. The summed E-state index contributed by atoms with van der Waals surface area (Å²) in [7, 11) is 0. The topological polar surface area (TPSA) is 81.1 Å². The molecule has 6 heteroatoms. The maximum Gasteiger partial charge on any atom is 0.320 e. The highest BCUT2D eigenvalue weighted by molar-refractivity contribution is 5.77. The first-order chi connectivity index (χ1) is 8.99. The van der Waals surface area contributed by atoms with Crippen LogP contribution in [0.1, 0.15) is 26.2 Å². The molecule has 2 fully saturated rings. The Morgan fingerprint density at radius 1 is 1.16 bits per heavy atom. The number of hydrogen-bond donors (Lipinski definition) is 2. The highest BCUT2D eigenvalue weighted by Crippen LogP contribution is 2.23. The van der Waals surface area contributed by atoms with Crippen LogP contribution in [0.5, 0.6) is 0 Å². The number of aliphatic hydroxyl groups excluding tert-OH is 1. The van der Waals surface area contributed by atoms with Gasteiger partial charge in [-0.05, 0) is 26.2 Å². The number of carboxylic acid groups (broad SMARTS) is 1. The molecule has 19 heavy (non-hydrogen) atoms. The van der Waals surface area contributed by atoms with Crippen molar-refractivity contribution in [3.05, 3.63) is 0 Å². The monoisotopic (exact) mass is 270 g/mol. The number of carbonyl (C=O) groups excluding carboxylic acids is 1. The van der Waals surface area contributed by atoms with Gasteiger partial charge >= 0.3 is 12.0 Å². The minimum Gasteiger partial charge on any atom is -0.481 e. The molecule has 0 aromatic carbocycles. The number of piperidine rings is 1. The molecule has 2 rings (SSSR count). The average Bonchev–Trinajstić information content (AvgIpc) is 2.87. The highest BCUT2D eigenvalue weighted by Gasteiger charge is 2.34. The smallest absolute Gasteiger partial charge is 0.320 e. The summed E-state index contributed by atoms with van der Waals surface area (Å²) in [6.07, 6.45) is 1.82. The number of carboxylic acids is 1. The fraction of sp³-hybridized carbons (Fsp3) is 0.846. The standard InChI is InChI=1S/C13H22N2O4/c1-9(16)10-4-6-15(7-10)13(19)14-5-2-3-11(8-14)12(17)18/h9-11,16H,2-8H2,1H3,(H,17,18)/t9?,10?,11-/m0/s1. The van der Waals surface area contributed by atoms with Crippen LogP contribution in [-0.4, -0.2) is 64.3 Å². The second kappa shape index (κ2) is 5.77. The molecule has 0 saturated carbocycles. The number of rotatable bonds is 2. The van der Waals surface area contributed by atoms with E-state index in [4.69, 9.17) is 5.11 Å². The molecule has 2 heterocycles. The van der Waals surface area contributed by atoms with Crippen LogP contribution in [-0.2, 0) is 4.79 Å². The summed E-state index contributed by atoms with van der Waals surface area (Å²) in [5.74, 6) is -1.11. The van der Waals surface area contributed by atoms with Crippen molar-refractivity contribution in [1.29, 1.82) is 0 Å². The van der Waals surface area contributed by atoms with Crippen LogP contribution in [0.3, 0.4) is 0 Å². The molecule has 2 aliphatic heterocycles. The minimum atomic E-state index is -0.819. The van der Waals surface area contributed by atoms with E-state index in [1.54, 1.807) is 16.7 Å². The highest BCUT2D eigenvalue weighted by atomic mass is 16.4. The normalized spacial score (nSPS) is 29.4. The molecule has 3 atom stereocenters. The van der Waals surface area contributed by atoms with E-state index < -0.39 is 18.0 Å². The Morgan fingerprint density at radius 2 is 1.84 bits per heavy atom. The summed E-state index contributed by atoms with van der Waals surface area (Å²) in [6.45, 7) is 3.93. The molecule has 2 aliphatic rings. The zero-order chi connectivity index (χ0) is 14.0. The average molecular weight is 270 g/mol. The number of urea groups is 1. The van der Waals surface area contributed by atoms with Crippen LogP contribution in [0.4, 0.5) is 4.79 Å². The molecule has 2 unspecified atom stereocenters. The lowest BCUT2D eigenvalue weighted by Crippen LogP contribution is -2.48. The van der Waals surface area contributed by atoms with E-state index >= 15 is 0 Å². The summed E-state index contributed by atoms with van der Waals surface area (Å²) in [6, 6.07) is -0.0749. The first-order valence-corrected chi connectivity index (χ1v) is 6.93. The molecule has 2 amide bonds. The van der Waals surface area contributed by atoms with E-state index in [0.29, 0.717) is 32.6 Å². The van der Waals surface area contributed by atoms with E-state index in [9.17, 15) is 14.7 Å².